The number of rotatable bonds is 8. The molecule has 0 unspecified atom stereocenters. The first-order chi connectivity index (χ1) is 12.1. The van der Waals surface area contributed by atoms with Gasteiger partial charge in [-0.05, 0) is 39.3 Å². The highest BCUT2D eigenvalue weighted by Gasteiger charge is 2.02. The smallest absolute Gasteiger partial charge is 0.213 e. The van der Waals surface area contributed by atoms with Crippen molar-refractivity contribution in [2.24, 2.45) is 4.99 Å². The van der Waals surface area contributed by atoms with Gasteiger partial charge in [0.1, 0.15) is 0 Å². The van der Waals surface area contributed by atoms with Gasteiger partial charge in [0.25, 0.3) is 0 Å². The van der Waals surface area contributed by atoms with Crippen LogP contribution in [0, 0.1) is 13.8 Å². The van der Waals surface area contributed by atoms with Gasteiger partial charge in [-0.25, -0.2) is 9.98 Å². The average Bonchev–Trinajstić information content (AvgIpc) is 2.94. The van der Waals surface area contributed by atoms with Gasteiger partial charge in [-0.15, -0.1) is 24.0 Å². The first kappa shape index (κ1) is 22.2. The maximum Gasteiger partial charge on any atom is 0.213 e. The van der Waals surface area contributed by atoms with Gasteiger partial charge in [-0.2, -0.15) is 5.10 Å². The molecular formula is C18H29IN6O. The van der Waals surface area contributed by atoms with E-state index in [1.54, 1.807) is 7.11 Å². The molecule has 0 bridgehead atoms. The van der Waals surface area contributed by atoms with E-state index in [-0.39, 0.29) is 24.0 Å². The standard InChI is InChI=1S/C18H28N6O.HI/c1-5-19-18(21-13-16-8-6-9-17(22-16)25-4)20-10-7-11-24-15(3)12-14(2)23-24;/h6,8-9,12H,5,7,10-11,13H2,1-4H3,(H2,19,20,21);1H. The molecule has 8 heteroatoms. The van der Waals surface area contributed by atoms with Gasteiger partial charge in [0.05, 0.1) is 25.0 Å². The van der Waals surface area contributed by atoms with E-state index >= 15 is 0 Å². The molecule has 0 spiro atoms. The normalized spacial score (nSPS) is 11.0. The third kappa shape index (κ3) is 7.19. The van der Waals surface area contributed by atoms with E-state index in [0.29, 0.717) is 12.4 Å². The molecule has 2 heterocycles. The van der Waals surface area contributed by atoms with Crippen LogP contribution in [0.2, 0.25) is 0 Å². The number of nitrogens with zero attached hydrogens (tertiary/aromatic N) is 4. The van der Waals surface area contributed by atoms with Crippen LogP contribution < -0.4 is 15.4 Å². The first-order valence-corrected chi connectivity index (χ1v) is 8.65. The molecule has 144 valence electrons. The molecule has 0 radical (unpaired) electrons. The summed E-state index contributed by atoms with van der Waals surface area (Å²) >= 11 is 0. The molecule has 0 aliphatic carbocycles. The van der Waals surface area contributed by atoms with Gasteiger partial charge in [0, 0.05) is 31.4 Å². The largest absolute Gasteiger partial charge is 0.481 e. The van der Waals surface area contributed by atoms with Gasteiger partial charge in [0.2, 0.25) is 5.88 Å². The minimum absolute atomic E-state index is 0. The summed E-state index contributed by atoms with van der Waals surface area (Å²) in [6, 6.07) is 7.79. The number of guanidine groups is 1. The Labute approximate surface area is 172 Å². The van der Waals surface area contributed by atoms with Crippen molar-refractivity contribution in [3.05, 3.63) is 41.3 Å². The van der Waals surface area contributed by atoms with Gasteiger partial charge >= 0.3 is 0 Å². The Kier molecular flexibility index (Phi) is 10.0. The average molecular weight is 472 g/mol. The second kappa shape index (κ2) is 11.7. The number of methoxy groups -OCH3 is 1. The predicted molar refractivity (Wildman–Crippen MR) is 115 cm³/mol. The molecule has 2 aromatic heterocycles. The number of ether oxygens (including phenoxy) is 1. The molecule has 0 saturated carbocycles. The maximum absolute atomic E-state index is 5.14. The Hall–Kier alpha value is -1.84. The lowest BCUT2D eigenvalue weighted by Crippen LogP contribution is -2.38. The SMILES string of the molecule is CCNC(=NCc1cccc(OC)n1)NCCCn1nc(C)cc1C.I. The minimum atomic E-state index is 0. The van der Waals surface area contributed by atoms with E-state index in [2.05, 4.69) is 45.6 Å². The van der Waals surface area contributed by atoms with Crippen LogP contribution in [-0.2, 0) is 13.1 Å². The second-order valence-corrected chi connectivity index (χ2v) is 5.80. The highest BCUT2D eigenvalue weighted by atomic mass is 127. The highest BCUT2D eigenvalue weighted by molar-refractivity contribution is 14.0. The van der Waals surface area contributed by atoms with Gasteiger partial charge in [-0.3, -0.25) is 4.68 Å². The van der Waals surface area contributed by atoms with E-state index in [4.69, 9.17) is 4.74 Å². The summed E-state index contributed by atoms with van der Waals surface area (Å²) in [5.41, 5.74) is 3.13. The molecule has 26 heavy (non-hydrogen) atoms. The fourth-order valence-electron chi connectivity index (χ4n) is 2.50. The van der Waals surface area contributed by atoms with Crippen molar-refractivity contribution in [2.45, 2.75) is 40.3 Å². The zero-order valence-corrected chi connectivity index (χ0v) is 18.3. The van der Waals surface area contributed by atoms with Crippen molar-refractivity contribution in [2.75, 3.05) is 20.2 Å². The summed E-state index contributed by atoms with van der Waals surface area (Å²) in [6.45, 7) is 9.19. The van der Waals surface area contributed by atoms with Crippen LogP contribution in [0.15, 0.2) is 29.3 Å². The molecular weight excluding hydrogens is 443 g/mol. The monoisotopic (exact) mass is 472 g/mol. The number of aromatic nitrogens is 3. The van der Waals surface area contributed by atoms with Crippen LogP contribution in [0.1, 0.15) is 30.4 Å². The summed E-state index contributed by atoms with van der Waals surface area (Å²) in [4.78, 5) is 8.95. The molecule has 0 amide bonds. The van der Waals surface area contributed by atoms with E-state index in [0.717, 1.165) is 43.4 Å². The minimum Gasteiger partial charge on any atom is -0.481 e. The van der Waals surface area contributed by atoms with Crippen LogP contribution in [0.5, 0.6) is 5.88 Å². The molecule has 0 saturated heterocycles. The maximum atomic E-state index is 5.14. The number of aryl methyl sites for hydroxylation is 3. The van der Waals surface area contributed by atoms with Crippen LogP contribution >= 0.6 is 24.0 Å². The Morgan fingerprint density at radius 2 is 2.08 bits per heavy atom. The Morgan fingerprint density at radius 3 is 2.73 bits per heavy atom. The Balaban J connectivity index is 0.00000338. The van der Waals surface area contributed by atoms with Crippen molar-refractivity contribution >= 4 is 29.9 Å². The quantitative estimate of drug-likeness (QED) is 0.268. The summed E-state index contributed by atoms with van der Waals surface area (Å²) < 4.78 is 7.19. The van der Waals surface area contributed by atoms with E-state index in [9.17, 15) is 0 Å². The van der Waals surface area contributed by atoms with Gasteiger partial charge < -0.3 is 15.4 Å². The number of hydrogen-bond donors (Lipinski definition) is 2. The highest BCUT2D eigenvalue weighted by Crippen LogP contribution is 2.07. The molecule has 2 aromatic rings. The topological polar surface area (TPSA) is 76.4 Å². The molecule has 0 atom stereocenters. The van der Waals surface area contributed by atoms with Crippen molar-refractivity contribution < 1.29 is 4.74 Å². The Morgan fingerprint density at radius 1 is 1.27 bits per heavy atom. The third-order valence-electron chi connectivity index (χ3n) is 3.68. The lowest BCUT2D eigenvalue weighted by molar-refractivity contribution is 0.396. The summed E-state index contributed by atoms with van der Waals surface area (Å²) in [5.74, 6) is 1.40. The zero-order valence-electron chi connectivity index (χ0n) is 16.0. The van der Waals surface area contributed by atoms with Crippen LogP contribution in [-0.4, -0.2) is 40.9 Å². The van der Waals surface area contributed by atoms with E-state index in [1.165, 1.54) is 5.69 Å². The number of halogens is 1. The second-order valence-electron chi connectivity index (χ2n) is 5.80. The van der Waals surface area contributed by atoms with Gasteiger partial charge in [0.15, 0.2) is 5.96 Å². The number of pyridine rings is 1. The molecule has 0 fully saturated rings. The fourth-order valence-corrected chi connectivity index (χ4v) is 2.50. The van der Waals surface area contributed by atoms with E-state index < -0.39 is 0 Å². The Bertz CT molecular complexity index is 701. The van der Waals surface area contributed by atoms with Crippen molar-refractivity contribution in [1.29, 1.82) is 0 Å². The summed E-state index contributed by atoms with van der Waals surface area (Å²) in [5, 5.41) is 11.1. The van der Waals surface area contributed by atoms with E-state index in [1.807, 2.05) is 29.8 Å². The first-order valence-electron chi connectivity index (χ1n) is 8.65. The number of nitrogens with one attached hydrogen (secondary N) is 2. The van der Waals surface area contributed by atoms with Crippen molar-refractivity contribution in [1.82, 2.24) is 25.4 Å². The lowest BCUT2D eigenvalue weighted by Gasteiger charge is -2.11. The molecule has 2 N–H and O–H groups in total. The molecule has 0 aromatic carbocycles. The predicted octanol–water partition coefficient (Wildman–Crippen LogP) is 2.67. The van der Waals surface area contributed by atoms with Crippen LogP contribution in [0.3, 0.4) is 0 Å². The fraction of sp³-hybridized carbons (Fsp3) is 0.500. The third-order valence-corrected chi connectivity index (χ3v) is 3.68. The van der Waals surface area contributed by atoms with Crippen molar-refractivity contribution in [3.63, 3.8) is 0 Å². The molecule has 0 aliphatic rings. The summed E-state index contributed by atoms with van der Waals surface area (Å²) in [6.07, 6.45) is 0.976. The lowest BCUT2D eigenvalue weighted by atomic mass is 10.3. The zero-order chi connectivity index (χ0) is 18.1. The number of aliphatic imine (C=N–C) groups is 1. The van der Waals surface area contributed by atoms with Gasteiger partial charge in [-0.1, -0.05) is 6.07 Å². The van der Waals surface area contributed by atoms with Crippen LogP contribution in [0.4, 0.5) is 0 Å². The molecule has 2 rings (SSSR count). The molecule has 0 aliphatic heterocycles. The summed E-state index contributed by atoms with van der Waals surface area (Å²) in [7, 11) is 1.61. The molecule has 7 nitrogen and oxygen atoms in total. The number of hydrogen-bond acceptors (Lipinski definition) is 4. The van der Waals surface area contributed by atoms with Crippen molar-refractivity contribution in [3.8, 4) is 5.88 Å². The van der Waals surface area contributed by atoms with Crippen LogP contribution in [0.25, 0.3) is 0 Å².